The van der Waals surface area contributed by atoms with Crippen molar-refractivity contribution in [1.29, 1.82) is 0 Å². The summed E-state index contributed by atoms with van der Waals surface area (Å²) < 4.78 is 5.48. The third-order valence-electron chi connectivity index (χ3n) is 15.0. The number of amides is 1. The topological polar surface area (TPSA) is 95.9 Å². The fourth-order valence-corrected chi connectivity index (χ4v) is 10.0. The highest BCUT2D eigenvalue weighted by atomic mass is 16.5. The molecule has 0 saturated heterocycles. The van der Waals surface area contributed by atoms with Crippen LogP contribution in [-0.4, -0.2) is 47.4 Å². The molecular weight excluding hydrogens is 875 g/mol. The van der Waals surface area contributed by atoms with Crippen LogP contribution in [0.1, 0.15) is 354 Å². The van der Waals surface area contributed by atoms with Crippen LogP contribution in [0.3, 0.4) is 0 Å². The molecule has 0 aliphatic heterocycles. The van der Waals surface area contributed by atoms with E-state index in [9.17, 15) is 19.8 Å². The average Bonchev–Trinajstić information content (AvgIpc) is 3.37. The van der Waals surface area contributed by atoms with Gasteiger partial charge >= 0.3 is 5.97 Å². The summed E-state index contributed by atoms with van der Waals surface area (Å²) in [5, 5.41) is 23.0. The van der Waals surface area contributed by atoms with Crippen LogP contribution in [0.15, 0.2) is 24.3 Å². The van der Waals surface area contributed by atoms with Gasteiger partial charge in [0.05, 0.1) is 25.4 Å². The fraction of sp³-hybridized carbons (Fsp3) is 0.908. The number of ether oxygens (including phenoxy) is 1. The molecular formula is C65H125NO5. The number of nitrogens with one attached hydrogen (secondary N) is 1. The van der Waals surface area contributed by atoms with Crippen molar-refractivity contribution in [2.45, 2.75) is 366 Å². The van der Waals surface area contributed by atoms with Gasteiger partial charge in [-0.15, -0.1) is 0 Å². The van der Waals surface area contributed by atoms with Gasteiger partial charge in [-0.2, -0.15) is 0 Å². The van der Waals surface area contributed by atoms with Crippen LogP contribution in [0.4, 0.5) is 0 Å². The Morgan fingerprint density at radius 2 is 0.662 bits per heavy atom. The van der Waals surface area contributed by atoms with Crippen molar-refractivity contribution in [3.05, 3.63) is 24.3 Å². The number of esters is 1. The quantitative estimate of drug-likeness (QED) is 0.0320. The van der Waals surface area contributed by atoms with Crippen LogP contribution in [0.25, 0.3) is 0 Å². The number of carbonyl (C=O) groups is 2. The Balaban J connectivity index is 3.32. The van der Waals surface area contributed by atoms with Crippen molar-refractivity contribution in [2.24, 2.45) is 0 Å². The lowest BCUT2D eigenvalue weighted by Gasteiger charge is -2.20. The Bertz CT molecular complexity index is 1110. The lowest BCUT2D eigenvalue weighted by molar-refractivity contribution is -0.143. The van der Waals surface area contributed by atoms with Gasteiger partial charge < -0.3 is 20.3 Å². The second kappa shape index (κ2) is 60.9. The third kappa shape index (κ3) is 57.5. The van der Waals surface area contributed by atoms with Crippen LogP contribution in [-0.2, 0) is 14.3 Å². The molecule has 0 radical (unpaired) electrons. The van der Waals surface area contributed by atoms with Crippen molar-refractivity contribution in [1.82, 2.24) is 5.32 Å². The number of unbranched alkanes of at least 4 members (excludes halogenated alkanes) is 47. The second-order valence-corrected chi connectivity index (χ2v) is 22.1. The average molecular weight is 1000 g/mol. The first-order chi connectivity index (χ1) is 35.0. The minimum Gasteiger partial charge on any atom is -0.466 e. The normalized spacial score (nSPS) is 12.7. The zero-order valence-corrected chi connectivity index (χ0v) is 48.0. The predicted octanol–water partition coefficient (Wildman–Crippen LogP) is 20.2. The van der Waals surface area contributed by atoms with E-state index in [0.29, 0.717) is 19.4 Å². The molecule has 6 heteroatoms. The monoisotopic (exact) mass is 1000 g/mol. The summed E-state index contributed by atoms with van der Waals surface area (Å²) >= 11 is 0. The summed E-state index contributed by atoms with van der Waals surface area (Å²) in [6, 6.07) is -0.623. The summed E-state index contributed by atoms with van der Waals surface area (Å²) in [4.78, 5) is 24.5. The van der Waals surface area contributed by atoms with E-state index < -0.39 is 12.1 Å². The van der Waals surface area contributed by atoms with Gasteiger partial charge in [-0.25, -0.2) is 0 Å². The van der Waals surface area contributed by atoms with Crippen molar-refractivity contribution >= 4 is 11.9 Å². The number of allylic oxidation sites excluding steroid dienone is 3. The van der Waals surface area contributed by atoms with Gasteiger partial charge in [-0.1, -0.05) is 308 Å². The molecule has 2 atom stereocenters. The Morgan fingerprint density at radius 1 is 0.380 bits per heavy atom. The van der Waals surface area contributed by atoms with E-state index in [1.54, 1.807) is 6.08 Å². The van der Waals surface area contributed by atoms with E-state index >= 15 is 0 Å². The number of carbonyl (C=O) groups excluding carboxylic acids is 2. The molecule has 0 fully saturated rings. The summed E-state index contributed by atoms with van der Waals surface area (Å²) in [6.45, 7) is 4.89. The highest BCUT2D eigenvalue weighted by molar-refractivity contribution is 5.76. The third-order valence-corrected chi connectivity index (χ3v) is 15.0. The molecule has 0 rings (SSSR count). The molecule has 0 aromatic heterocycles. The maximum absolute atomic E-state index is 12.4. The van der Waals surface area contributed by atoms with E-state index in [4.69, 9.17) is 4.74 Å². The fourth-order valence-electron chi connectivity index (χ4n) is 10.0. The molecule has 0 saturated carbocycles. The maximum atomic E-state index is 12.4. The molecule has 3 N–H and O–H groups in total. The molecule has 2 unspecified atom stereocenters. The Labute approximate surface area is 443 Å². The first-order valence-electron chi connectivity index (χ1n) is 32.1. The van der Waals surface area contributed by atoms with E-state index in [2.05, 4.69) is 31.3 Å². The highest BCUT2D eigenvalue weighted by Gasteiger charge is 2.18. The van der Waals surface area contributed by atoms with Crippen LogP contribution >= 0.6 is 0 Å². The van der Waals surface area contributed by atoms with Gasteiger partial charge in [-0.3, -0.25) is 9.59 Å². The van der Waals surface area contributed by atoms with Crippen LogP contribution in [0.5, 0.6) is 0 Å². The SMILES string of the molecule is CCCCCC/C=C\CCCCCCCC(=O)OCCCCCCCCCCCCCCCCCCCCCCCCCCCCCCCCC(=O)NC(CO)C(O)/C=C/CCCCCCCCCCC. The van der Waals surface area contributed by atoms with Crippen LogP contribution in [0, 0.1) is 0 Å². The number of hydrogen-bond acceptors (Lipinski definition) is 5. The molecule has 420 valence electrons. The van der Waals surface area contributed by atoms with Crippen molar-refractivity contribution in [3.63, 3.8) is 0 Å². The molecule has 0 aromatic carbocycles. The zero-order chi connectivity index (χ0) is 51.4. The van der Waals surface area contributed by atoms with E-state index in [0.717, 1.165) is 44.9 Å². The number of aliphatic hydroxyl groups excluding tert-OH is 2. The molecule has 6 nitrogen and oxygen atoms in total. The maximum Gasteiger partial charge on any atom is 0.305 e. The molecule has 71 heavy (non-hydrogen) atoms. The predicted molar refractivity (Wildman–Crippen MR) is 310 cm³/mol. The van der Waals surface area contributed by atoms with Gasteiger partial charge in [0.15, 0.2) is 0 Å². The lowest BCUT2D eigenvalue weighted by atomic mass is 10.0. The van der Waals surface area contributed by atoms with E-state index in [1.807, 2.05) is 6.08 Å². The minimum atomic E-state index is -0.839. The largest absolute Gasteiger partial charge is 0.466 e. The molecule has 0 aliphatic carbocycles. The number of rotatable bonds is 60. The first kappa shape index (κ1) is 69.3. The summed E-state index contributed by atoms with van der Waals surface area (Å²) in [6.07, 6.45) is 75.3. The van der Waals surface area contributed by atoms with Crippen molar-refractivity contribution < 1.29 is 24.5 Å². The second-order valence-electron chi connectivity index (χ2n) is 22.1. The Morgan fingerprint density at radius 3 is 1.01 bits per heavy atom. The van der Waals surface area contributed by atoms with Crippen LogP contribution in [0.2, 0.25) is 0 Å². The van der Waals surface area contributed by atoms with Gasteiger partial charge in [0.25, 0.3) is 0 Å². The van der Waals surface area contributed by atoms with Crippen molar-refractivity contribution in [3.8, 4) is 0 Å². The summed E-state index contributed by atoms with van der Waals surface area (Å²) in [5.41, 5.74) is 0. The first-order valence-corrected chi connectivity index (χ1v) is 32.1. The van der Waals surface area contributed by atoms with Gasteiger partial charge in [0.2, 0.25) is 5.91 Å². The zero-order valence-electron chi connectivity index (χ0n) is 48.0. The Kier molecular flexibility index (Phi) is 59.5. The molecule has 0 spiro atoms. The standard InChI is InChI=1S/C65H125NO5/c1-3-5-7-9-11-13-15-34-39-43-47-51-55-59-65(70)71-60-56-52-48-44-40-36-33-31-29-27-25-23-21-19-17-16-18-20-22-24-26-28-30-32-35-38-42-46-50-54-58-64(69)66-62(61-67)63(68)57-53-49-45-41-37-14-12-10-8-6-4-2/h13,15,53,57,62-63,67-68H,3-12,14,16-52,54-56,58-61H2,1-2H3,(H,66,69)/b15-13-,57-53+. The number of aliphatic hydroxyl groups is 2. The van der Waals surface area contributed by atoms with Gasteiger partial charge in [-0.05, 0) is 57.8 Å². The minimum absolute atomic E-state index is 0.0106. The highest BCUT2D eigenvalue weighted by Crippen LogP contribution is 2.18. The molecule has 0 heterocycles. The van der Waals surface area contributed by atoms with E-state index in [1.165, 1.54) is 283 Å². The van der Waals surface area contributed by atoms with E-state index in [-0.39, 0.29) is 18.5 Å². The number of hydrogen-bond donors (Lipinski definition) is 3. The smallest absolute Gasteiger partial charge is 0.305 e. The molecule has 0 aromatic rings. The van der Waals surface area contributed by atoms with Crippen molar-refractivity contribution in [2.75, 3.05) is 13.2 Å². The summed E-state index contributed by atoms with van der Waals surface area (Å²) in [5.74, 6) is -0.0535. The molecule has 1 amide bonds. The van der Waals surface area contributed by atoms with Crippen LogP contribution < -0.4 is 5.32 Å². The summed E-state index contributed by atoms with van der Waals surface area (Å²) in [7, 11) is 0. The van der Waals surface area contributed by atoms with Gasteiger partial charge in [0, 0.05) is 12.8 Å². The molecule has 0 aliphatic rings. The lowest BCUT2D eigenvalue weighted by Crippen LogP contribution is -2.45. The van der Waals surface area contributed by atoms with Gasteiger partial charge in [0.1, 0.15) is 0 Å². The Hall–Kier alpha value is -1.66. The molecule has 0 bridgehead atoms.